The van der Waals surface area contributed by atoms with Gasteiger partial charge in [0.15, 0.2) is 0 Å². The van der Waals surface area contributed by atoms with Crippen LogP contribution in [0.25, 0.3) is 0 Å². The van der Waals surface area contributed by atoms with Crippen molar-refractivity contribution in [1.29, 1.82) is 0 Å². The molecule has 0 saturated heterocycles. The summed E-state index contributed by atoms with van der Waals surface area (Å²) in [5, 5.41) is 0. The van der Waals surface area contributed by atoms with E-state index in [0.717, 1.165) is 44.3 Å². The van der Waals surface area contributed by atoms with Gasteiger partial charge in [-0.05, 0) is 72.5 Å². The highest BCUT2D eigenvalue weighted by Gasteiger charge is 2.25. The number of hydrogen-bond acceptors (Lipinski definition) is 4. The van der Waals surface area contributed by atoms with Crippen molar-refractivity contribution in [2.75, 3.05) is 11.4 Å². The van der Waals surface area contributed by atoms with Gasteiger partial charge in [-0.3, -0.25) is 4.79 Å². The molecule has 3 aromatic carbocycles. The third kappa shape index (κ3) is 4.45. The molecule has 0 fully saturated rings. The summed E-state index contributed by atoms with van der Waals surface area (Å²) in [6, 6.07) is 19.7. The van der Waals surface area contributed by atoms with Gasteiger partial charge in [0.25, 0.3) is 15.9 Å². The van der Waals surface area contributed by atoms with Crippen LogP contribution in [-0.2, 0) is 27.7 Å². The van der Waals surface area contributed by atoms with E-state index in [9.17, 15) is 13.2 Å². The molecule has 0 saturated carbocycles. The van der Waals surface area contributed by atoms with Crippen LogP contribution in [0.3, 0.4) is 0 Å². The number of nitrogens with zero attached hydrogens (tertiary/aromatic N) is 1. The Kier molecular flexibility index (Phi) is 5.99. The Labute approximate surface area is 192 Å². The van der Waals surface area contributed by atoms with Crippen LogP contribution in [0.5, 0.6) is 0 Å². The van der Waals surface area contributed by atoms with Crippen LogP contribution in [0.2, 0.25) is 0 Å². The third-order valence-electron chi connectivity index (χ3n) is 4.93. The van der Waals surface area contributed by atoms with Gasteiger partial charge in [0.05, 0.1) is 4.90 Å². The van der Waals surface area contributed by atoms with E-state index in [1.54, 1.807) is 18.2 Å². The second kappa shape index (κ2) is 8.53. The van der Waals surface area contributed by atoms with Crippen molar-refractivity contribution in [1.82, 2.24) is 4.72 Å². The van der Waals surface area contributed by atoms with E-state index < -0.39 is 15.9 Å². The highest BCUT2D eigenvalue weighted by atomic mass is 79.9. The van der Waals surface area contributed by atoms with E-state index in [4.69, 9.17) is 0 Å². The first-order valence-electron chi connectivity index (χ1n) is 9.28. The quantitative estimate of drug-likeness (QED) is 0.500. The molecule has 0 aromatic heterocycles. The number of sulfonamides is 1. The molecular weight excluding hydrogens is 532 g/mol. The molecule has 1 aliphatic rings. The second-order valence-corrected chi connectivity index (χ2v) is 10.5. The molecule has 0 aliphatic carbocycles. The van der Waals surface area contributed by atoms with Gasteiger partial charge in [-0.25, -0.2) is 13.1 Å². The SMILES string of the molecule is O=C(CN1c2ccc(Br)cc2CCc2cc(Br)ccc21)NS(=O)(=O)c1ccccc1. The van der Waals surface area contributed by atoms with Crippen LogP contribution in [-0.4, -0.2) is 20.9 Å². The predicted molar refractivity (Wildman–Crippen MR) is 124 cm³/mol. The molecule has 30 heavy (non-hydrogen) atoms. The lowest BCUT2D eigenvalue weighted by Gasteiger charge is -2.26. The van der Waals surface area contributed by atoms with Crippen LogP contribution >= 0.6 is 31.9 Å². The van der Waals surface area contributed by atoms with Crippen molar-refractivity contribution in [2.24, 2.45) is 0 Å². The topological polar surface area (TPSA) is 66.5 Å². The van der Waals surface area contributed by atoms with Gasteiger partial charge in [0.2, 0.25) is 0 Å². The average Bonchev–Trinajstić information content (AvgIpc) is 2.85. The summed E-state index contributed by atoms with van der Waals surface area (Å²) in [4.78, 5) is 14.8. The van der Waals surface area contributed by atoms with Crippen molar-refractivity contribution in [3.05, 3.63) is 86.8 Å². The number of benzene rings is 3. The summed E-state index contributed by atoms with van der Waals surface area (Å²) in [5.74, 6) is -0.594. The molecule has 0 radical (unpaired) electrons. The number of rotatable bonds is 4. The minimum absolute atomic E-state index is 0.0582. The first kappa shape index (κ1) is 21.1. The van der Waals surface area contributed by atoms with E-state index in [2.05, 4.69) is 36.6 Å². The van der Waals surface area contributed by atoms with E-state index in [-0.39, 0.29) is 11.4 Å². The standard InChI is InChI=1S/C22H18Br2N2O3S/c23-17-8-10-20-15(12-17)6-7-16-13-18(24)9-11-21(16)26(20)14-22(27)25-30(28,29)19-4-2-1-3-5-19/h1-5,8-13H,6-7,14H2,(H,25,27). The molecule has 1 heterocycles. The number of halogens is 2. The van der Waals surface area contributed by atoms with Gasteiger partial charge in [-0.15, -0.1) is 0 Å². The van der Waals surface area contributed by atoms with Gasteiger partial charge in [-0.1, -0.05) is 50.1 Å². The van der Waals surface area contributed by atoms with E-state index in [0.29, 0.717) is 0 Å². The Morgan fingerprint density at radius 2 is 1.40 bits per heavy atom. The first-order valence-corrected chi connectivity index (χ1v) is 12.4. The number of hydrogen-bond donors (Lipinski definition) is 1. The summed E-state index contributed by atoms with van der Waals surface area (Å²) in [6.45, 7) is -0.116. The molecule has 1 amide bonds. The fourth-order valence-electron chi connectivity index (χ4n) is 3.59. The first-order chi connectivity index (χ1) is 14.3. The Morgan fingerprint density at radius 1 is 0.867 bits per heavy atom. The molecule has 8 heteroatoms. The predicted octanol–water partition coefficient (Wildman–Crippen LogP) is 4.95. The molecule has 1 aliphatic heterocycles. The zero-order valence-corrected chi connectivity index (χ0v) is 19.8. The Hall–Kier alpha value is -2.16. The highest BCUT2D eigenvalue weighted by Crippen LogP contribution is 2.38. The fourth-order valence-corrected chi connectivity index (χ4v) is 5.40. The molecule has 1 N–H and O–H groups in total. The molecular formula is C22H18Br2N2O3S. The monoisotopic (exact) mass is 548 g/mol. The fraction of sp³-hybridized carbons (Fsp3) is 0.136. The van der Waals surface area contributed by atoms with Gasteiger partial charge < -0.3 is 4.90 Å². The second-order valence-electron chi connectivity index (χ2n) is 6.97. The summed E-state index contributed by atoms with van der Waals surface area (Å²) in [6.07, 6.45) is 1.64. The smallest absolute Gasteiger partial charge is 0.264 e. The molecule has 0 atom stereocenters. The van der Waals surface area contributed by atoms with Crippen LogP contribution in [0.1, 0.15) is 11.1 Å². The number of carbonyl (C=O) groups excluding carboxylic acids is 1. The maximum Gasteiger partial charge on any atom is 0.264 e. The van der Waals surface area contributed by atoms with Crippen LogP contribution in [0, 0.1) is 0 Å². The van der Waals surface area contributed by atoms with Crippen LogP contribution in [0.4, 0.5) is 11.4 Å². The number of carbonyl (C=O) groups is 1. The molecule has 0 unspecified atom stereocenters. The average molecular weight is 550 g/mol. The van der Waals surface area contributed by atoms with Crippen molar-refractivity contribution in [2.45, 2.75) is 17.7 Å². The van der Waals surface area contributed by atoms with Crippen LogP contribution in [0.15, 0.2) is 80.6 Å². The van der Waals surface area contributed by atoms with Crippen molar-refractivity contribution >= 4 is 59.2 Å². The number of anilines is 2. The maximum atomic E-state index is 12.8. The Morgan fingerprint density at radius 3 is 1.93 bits per heavy atom. The van der Waals surface area contributed by atoms with E-state index in [1.165, 1.54) is 12.1 Å². The number of aryl methyl sites for hydroxylation is 2. The summed E-state index contributed by atoms with van der Waals surface area (Å²) >= 11 is 7.03. The minimum atomic E-state index is -3.93. The molecule has 0 bridgehead atoms. The zero-order valence-electron chi connectivity index (χ0n) is 15.8. The Balaban J connectivity index is 1.68. The van der Waals surface area contributed by atoms with Gasteiger partial charge >= 0.3 is 0 Å². The Bertz CT molecular complexity index is 1160. The van der Waals surface area contributed by atoms with Gasteiger partial charge in [0, 0.05) is 20.3 Å². The highest BCUT2D eigenvalue weighted by molar-refractivity contribution is 9.10. The largest absolute Gasteiger partial charge is 0.332 e. The summed E-state index contributed by atoms with van der Waals surface area (Å²) in [5.41, 5.74) is 3.98. The lowest BCUT2D eigenvalue weighted by molar-refractivity contribution is -0.117. The van der Waals surface area contributed by atoms with E-state index in [1.807, 2.05) is 41.3 Å². The lowest BCUT2D eigenvalue weighted by Crippen LogP contribution is -2.38. The maximum absolute atomic E-state index is 12.8. The van der Waals surface area contributed by atoms with Gasteiger partial charge in [-0.2, -0.15) is 0 Å². The molecule has 0 spiro atoms. The molecule has 4 rings (SSSR count). The lowest BCUT2D eigenvalue weighted by atomic mass is 10.0. The third-order valence-corrected chi connectivity index (χ3v) is 7.31. The zero-order chi connectivity index (χ0) is 21.3. The van der Waals surface area contributed by atoms with Crippen molar-refractivity contribution < 1.29 is 13.2 Å². The molecule has 154 valence electrons. The van der Waals surface area contributed by atoms with E-state index >= 15 is 0 Å². The number of amides is 1. The summed E-state index contributed by atoms with van der Waals surface area (Å²) in [7, 11) is -3.93. The van der Waals surface area contributed by atoms with Gasteiger partial charge in [0.1, 0.15) is 6.54 Å². The molecule has 5 nitrogen and oxygen atoms in total. The normalized spacial score (nSPS) is 13.2. The number of nitrogens with one attached hydrogen (secondary N) is 1. The van der Waals surface area contributed by atoms with Crippen LogP contribution < -0.4 is 9.62 Å². The minimum Gasteiger partial charge on any atom is -0.332 e. The molecule has 3 aromatic rings. The van der Waals surface area contributed by atoms with Crippen molar-refractivity contribution in [3.63, 3.8) is 0 Å². The van der Waals surface area contributed by atoms with Crippen molar-refractivity contribution in [3.8, 4) is 0 Å². The number of fused-ring (bicyclic) bond motifs is 2. The summed E-state index contributed by atoms with van der Waals surface area (Å²) < 4.78 is 29.3.